The first-order chi connectivity index (χ1) is 18.5. The molecule has 0 saturated carbocycles. The number of nitrogens with zero attached hydrogens (tertiary/aromatic N) is 3. The number of amides is 3. The maximum absolute atomic E-state index is 13.0. The summed E-state index contributed by atoms with van der Waals surface area (Å²) in [5, 5.41) is 16.3. The number of hydrogen-bond acceptors (Lipinski definition) is 6. The van der Waals surface area contributed by atoms with Crippen LogP contribution in [0.1, 0.15) is 47.3 Å². The first-order valence-corrected chi connectivity index (χ1v) is 13.0. The van der Waals surface area contributed by atoms with E-state index in [0.717, 1.165) is 16.8 Å². The van der Waals surface area contributed by atoms with E-state index in [0.29, 0.717) is 75.8 Å². The quantitative estimate of drug-likeness (QED) is 0.493. The fourth-order valence-electron chi connectivity index (χ4n) is 4.45. The van der Waals surface area contributed by atoms with Gasteiger partial charge in [-0.2, -0.15) is 0 Å². The number of aromatic nitrogens is 2. The largest absolute Gasteiger partial charge is 0.507 e. The maximum Gasteiger partial charge on any atom is 0.251 e. The van der Waals surface area contributed by atoms with Gasteiger partial charge in [-0.1, -0.05) is 18.2 Å². The molecule has 0 radical (unpaired) electrons. The summed E-state index contributed by atoms with van der Waals surface area (Å²) < 4.78 is 0. The van der Waals surface area contributed by atoms with Crippen molar-refractivity contribution in [1.82, 2.24) is 25.5 Å². The van der Waals surface area contributed by atoms with Gasteiger partial charge in [-0.25, -0.2) is 0 Å². The van der Waals surface area contributed by atoms with E-state index in [2.05, 4.69) is 20.6 Å². The molecule has 0 fully saturated rings. The van der Waals surface area contributed by atoms with Gasteiger partial charge < -0.3 is 20.6 Å². The smallest absolute Gasteiger partial charge is 0.251 e. The summed E-state index contributed by atoms with van der Waals surface area (Å²) in [5.41, 5.74) is 3.58. The van der Waals surface area contributed by atoms with E-state index in [1.165, 1.54) is 0 Å². The van der Waals surface area contributed by atoms with Crippen LogP contribution in [0.3, 0.4) is 0 Å². The molecule has 1 aromatic heterocycles. The van der Waals surface area contributed by atoms with Crippen LogP contribution in [0.25, 0.3) is 11.1 Å². The van der Waals surface area contributed by atoms with Crippen molar-refractivity contribution in [3.63, 3.8) is 0 Å². The normalized spacial score (nSPS) is 15.4. The zero-order chi connectivity index (χ0) is 26.7. The summed E-state index contributed by atoms with van der Waals surface area (Å²) in [7, 11) is 0. The van der Waals surface area contributed by atoms with E-state index in [-0.39, 0.29) is 23.5 Å². The van der Waals surface area contributed by atoms with Gasteiger partial charge in [0.2, 0.25) is 11.8 Å². The average Bonchev–Trinajstić information content (AvgIpc) is 2.94. The summed E-state index contributed by atoms with van der Waals surface area (Å²) in [6.07, 6.45) is 7.70. The van der Waals surface area contributed by atoms with Crippen LogP contribution in [0.15, 0.2) is 61.1 Å². The Morgan fingerprint density at radius 3 is 2.63 bits per heavy atom. The van der Waals surface area contributed by atoms with Gasteiger partial charge in [-0.3, -0.25) is 24.4 Å². The lowest BCUT2D eigenvalue weighted by atomic mass is 9.98. The number of hydrogen-bond donors (Lipinski definition) is 3. The highest BCUT2D eigenvalue weighted by atomic mass is 16.3. The molecule has 0 unspecified atom stereocenters. The Hall–Kier alpha value is -4.27. The van der Waals surface area contributed by atoms with E-state index in [1.807, 2.05) is 18.2 Å². The lowest BCUT2D eigenvalue weighted by molar-refractivity contribution is -0.131. The van der Waals surface area contributed by atoms with E-state index in [1.54, 1.807) is 47.8 Å². The van der Waals surface area contributed by atoms with E-state index < -0.39 is 0 Å². The highest BCUT2D eigenvalue weighted by Crippen LogP contribution is 2.30. The SMILES string of the molecule is O=C1CCCN(C(=O)CCc2cnccn2)CCCNC(=O)c2cccc(c2)-c2cc(ccc2O)CCN1. The molecule has 0 spiro atoms. The molecule has 4 rings (SSSR count). The number of phenolic OH excluding ortho intramolecular Hbond substituents is 1. The van der Waals surface area contributed by atoms with Crippen LogP contribution in [-0.2, 0) is 22.4 Å². The number of benzene rings is 2. The molecule has 198 valence electrons. The highest BCUT2D eigenvalue weighted by Gasteiger charge is 2.16. The van der Waals surface area contributed by atoms with Crippen LogP contribution in [0.4, 0.5) is 0 Å². The number of aromatic hydroxyl groups is 1. The van der Waals surface area contributed by atoms with Gasteiger partial charge in [0.15, 0.2) is 0 Å². The average molecular weight is 516 g/mol. The summed E-state index contributed by atoms with van der Waals surface area (Å²) in [4.78, 5) is 48.3. The minimum Gasteiger partial charge on any atom is -0.507 e. The molecule has 3 aromatic rings. The highest BCUT2D eigenvalue weighted by molar-refractivity contribution is 5.95. The molecule has 0 saturated heterocycles. The predicted octanol–water partition coefficient (Wildman–Crippen LogP) is 2.88. The second kappa shape index (κ2) is 13.3. The first kappa shape index (κ1) is 26.8. The number of nitrogens with one attached hydrogen (secondary N) is 2. The summed E-state index contributed by atoms with van der Waals surface area (Å²) >= 11 is 0. The van der Waals surface area contributed by atoms with Crippen LogP contribution >= 0.6 is 0 Å². The molecule has 9 heteroatoms. The zero-order valence-electron chi connectivity index (χ0n) is 21.4. The minimum absolute atomic E-state index is 0.0138. The van der Waals surface area contributed by atoms with Crippen molar-refractivity contribution in [3.8, 4) is 16.9 Å². The molecule has 1 aliphatic rings. The van der Waals surface area contributed by atoms with Crippen molar-refractivity contribution in [3.05, 3.63) is 77.9 Å². The molecular weight excluding hydrogens is 482 g/mol. The van der Waals surface area contributed by atoms with Crippen LogP contribution < -0.4 is 10.6 Å². The van der Waals surface area contributed by atoms with Crippen molar-refractivity contribution in [2.75, 3.05) is 26.2 Å². The van der Waals surface area contributed by atoms with E-state index >= 15 is 0 Å². The standard InChI is InChI=1S/C29H33N5O4/c35-26-9-7-21-11-13-32-27(36)6-2-16-34(28(37)10-8-24-20-30-14-15-31-24)17-3-12-33-29(38)23-5-1-4-22(19-23)25(26)18-21/h1,4-5,7,9,14-15,18-20,35H,2-3,6,8,10-13,16-17H2,(H,32,36)(H,33,38). The van der Waals surface area contributed by atoms with Crippen molar-refractivity contribution >= 4 is 17.7 Å². The molecule has 0 aliphatic carbocycles. The van der Waals surface area contributed by atoms with Gasteiger partial charge in [0, 0.05) is 68.7 Å². The van der Waals surface area contributed by atoms with Gasteiger partial charge in [0.1, 0.15) is 5.75 Å². The van der Waals surface area contributed by atoms with Gasteiger partial charge >= 0.3 is 0 Å². The molecule has 2 heterocycles. The molecule has 3 N–H and O–H groups in total. The number of fused-ring (bicyclic) bond motifs is 5. The fraction of sp³-hybridized carbons (Fsp3) is 0.345. The van der Waals surface area contributed by atoms with Crippen molar-refractivity contribution in [2.45, 2.75) is 38.5 Å². The molecule has 38 heavy (non-hydrogen) atoms. The number of rotatable bonds is 3. The van der Waals surface area contributed by atoms with Gasteiger partial charge in [-0.15, -0.1) is 0 Å². The number of carbonyl (C=O) groups excluding carboxylic acids is 3. The van der Waals surface area contributed by atoms with Crippen LogP contribution in [0.5, 0.6) is 5.75 Å². The Kier molecular flexibility index (Phi) is 9.39. The van der Waals surface area contributed by atoms with Gasteiger partial charge in [0.05, 0.1) is 5.69 Å². The Morgan fingerprint density at radius 1 is 0.947 bits per heavy atom. The Labute approximate surface area is 222 Å². The third-order valence-electron chi connectivity index (χ3n) is 6.52. The first-order valence-electron chi connectivity index (χ1n) is 13.0. The van der Waals surface area contributed by atoms with Crippen LogP contribution in [0, 0.1) is 0 Å². The lowest BCUT2D eigenvalue weighted by Crippen LogP contribution is -2.36. The van der Waals surface area contributed by atoms with Gasteiger partial charge in [-0.05, 0) is 61.1 Å². The van der Waals surface area contributed by atoms with Crippen molar-refractivity contribution in [2.24, 2.45) is 0 Å². The molecule has 2 aromatic carbocycles. The van der Waals surface area contributed by atoms with Crippen molar-refractivity contribution < 1.29 is 19.5 Å². The predicted molar refractivity (Wildman–Crippen MR) is 143 cm³/mol. The maximum atomic E-state index is 13.0. The third-order valence-corrected chi connectivity index (χ3v) is 6.52. The Morgan fingerprint density at radius 2 is 1.79 bits per heavy atom. The number of carbonyl (C=O) groups is 3. The summed E-state index contributed by atoms with van der Waals surface area (Å²) in [6.45, 7) is 1.80. The number of aryl methyl sites for hydroxylation is 1. The molecule has 9 nitrogen and oxygen atoms in total. The number of phenols is 1. The topological polar surface area (TPSA) is 125 Å². The Balaban J connectivity index is 1.46. The van der Waals surface area contributed by atoms with E-state index in [9.17, 15) is 19.5 Å². The monoisotopic (exact) mass is 515 g/mol. The van der Waals surface area contributed by atoms with Crippen molar-refractivity contribution in [1.29, 1.82) is 0 Å². The fourth-order valence-corrected chi connectivity index (χ4v) is 4.45. The molecule has 3 amide bonds. The summed E-state index contributed by atoms with van der Waals surface area (Å²) in [6, 6.07) is 12.5. The lowest BCUT2D eigenvalue weighted by Gasteiger charge is -2.23. The second-order valence-electron chi connectivity index (χ2n) is 9.32. The summed E-state index contributed by atoms with van der Waals surface area (Å²) in [5.74, 6) is -0.157. The van der Waals surface area contributed by atoms with Crippen LogP contribution in [-0.4, -0.2) is 63.9 Å². The second-order valence-corrected chi connectivity index (χ2v) is 9.32. The van der Waals surface area contributed by atoms with E-state index in [4.69, 9.17) is 0 Å². The van der Waals surface area contributed by atoms with Crippen LogP contribution in [0.2, 0.25) is 0 Å². The minimum atomic E-state index is -0.212. The third kappa shape index (κ3) is 7.61. The van der Waals surface area contributed by atoms with Gasteiger partial charge in [0.25, 0.3) is 5.91 Å². The molecule has 1 aliphatic heterocycles. The zero-order valence-corrected chi connectivity index (χ0v) is 21.4. The molecule has 4 bridgehead atoms. The molecular formula is C29H33N5O4. The molecule has 0 atom stereocenters. The Bertz CT molecular complexity index is 1260.